The van der Waals surface area contributed by atoms with Crippen LogP contribution in [0.15, 0.2) is 30.5 Å². The molecule has 0 saturated carbocycles. The van der Waals surface area contributed by atoms with Gasteiger partial charge in [0.05, 0.1) is 43.1 Å². The summed E-state index contributed by atoms with van der Waals surface area (Å²) in [5, 5.41) is 7.07. The van der Waals surface area contributed by atoms with E-state index in [0.717, 1.165) is 24.4 Å². The quantitative estimate of drug-likeness (QED) is 0.269. The van der Waals surface area contributed by atoms with Crippen LogP contribution in [-0.2, 0) is 14.3 Å². The smallest absolute Gasteiger partial charge is 0.267 e. The zero-order chi connectivity index (χ0) is 29.2. The summed E-state index contributed by atoms with van der Waals surface area (Å²) in [5.41, 5.74) is 1.46. The van der Waals surface area contributed by atoms with Gasteiger partial charge < -0.3 is 29.9 Å². The van der Waals surface area contributed by atoms with Crippen molar-refractivity contribution >= 4 is 57.2 Å². The number of hydrogen-bond acceptors (Lipinski definition) is 10. The largest absolute Gasteiger partial charge is 0.379 e. The number of anilines is 4. The molecule has 13 heteroatoms. The van der Waals surface area contributed by atoms with Crippen molar-refractivity contribution in [2.24, 2.45) is 0 Å². The minimum Gasteiger partial charge on any atom is -0.379 e. The molecule has 0 spiro atoms. The van der Waals surface area contributed by atoms with Gasteiger partial charge in [-0.15, -0.1) is 0 Å². The number of hydrogen-bond donors (Lipinski definition) is 2. The van der Waals surface area contributed by atoms with Gasteiger partial charge in [-0.2, -0.15) is 0 Å². The molecule has 1 aliphatic rings. The molecule has 1 saturated heterocycles. The number of carbonyl (C=O) groups excluding carboxylic acids is 2. The molecule has 41 heavy (non-hydrogen) atoms. The minimum absolute atomic E-state index is 0.0913. The summed E-state index contributed by atoms with van der Waals surface area (Å²) in [4.78, 5) is 43.3. The number of halogens is 1. The van der Waals surface area contributed by atoms with E-state index in [1.165, 1.54) is 17.5 Å². The molecule has 0 radical (unpaired) electrons. The standard InChI is InChI=1S/C28H36ClN7O4S/c1-4-13-39-15-16-40-14-8-25(37)36-11-9-35(10-12-36)24-17-23(31-20(3)32-24)33-28-30-18-22(41-28)27(38)34-26-19(2)6-5-7-21(26)29/h5-7,17-18H,4,8-16H2,1-3H3,(H,34,38)(H,30,31,32,33). The maximum atomic E-state index is 12.8. The molecule has 2 N–H and O–H groups in total. The van der Waals surface area contributed by atoms with Crippen molar-refractivity contribution in [1.82, 2.24) is 19.9 Å². The van der Waals surface area contributed by atoms with Gasteiger partial charge in [-0.1, -0.05) is 42.0 Å². The average molecular weight is 602 g/mol. The third kappa shape index (κ3) is 8.83. The normalized spacial score (nSPS) is 13.4. The molecule has 2 amide bonds. The summed E-state index contributed by atoms with van der Waals surface area (Å²) in [5.74, 6) is 1.76. The molecule has 0 aliphatic carbocycles. The first-order valence-electron chi connectivity index (χ1n) is 13.7. The van der Waals surface area contributed by atoms with Crippen LogP contribution in [0.25, 0.3) is 0 Å². The second-order valence-corrected chi connectivity index (χ2v) is 11.0. The maximum Gasteiger partial charge on any atom is 0.267 e. The Kier molecular flexibility index (Phi) is 11.3. The fourth-order valence-electron chi connectivity index (χ4n) is 4.26. The van der Waals surface area contributed by atoms with Crippen molar-refractivity contribution in [3.05, 3.63) is 51.7 Å². The zero-order valence-corrected chi connectivity index (χ0v) is 25.2. The van der Waals surface area contributed by atoms with Crippen LogP contribution in [0.1, 0.15) is 40.8 Å². The molecule has 220 valence electrons. The first-order chi connectivity index (χ1) is 19.8. The molecule has 11 nitrogen and oxygen atoms in total. The molecule has 1 fully saturated rings. The second kappa shape index (κ2) is 15.1. The molecule has 4 rings (SSSR count). The van der Waals surface area contributed by atoms with Crippen molar-refractivity contribution < 1.29 is 19.1 Å². The van der Waals surface area contributed by atoms with Gasteiger partial charge in [-0.25, -0.2) is 15.0 Å². The number of para-hydroxylation sites is 1. The lowest BCUT2D eigenvalue weighted by Gasteiger charge is -2.35. The van der Waals surface area contributed by atoms with Crippen molar-refractivity contribution in [2.45, 2.75) is 33.6 Å². The highest BCUT2D eigenvalue weighted by Crippen LogP contribution is 2.28. The van der Waals surface area contributed by atoms with Crippen LogP contribution in [0, 0.1) is 13.8 Å². The van der Waals surface area contributed by atoms with Crippen molar-refractivity contribution in [1.29, 1.82) is 0 Å². The molecule has 1 aliphatic heterocycles. The van der Waals surface area contributed by atoms with E-state index in [2.05, 4.69) is 37.4 Å². The Balaban J connectivity index is 1.28. The molecule has 1 aromatic carbocycles. The van der Waals surface area contributed by atoms with Crippen LogP contribution >= 0.6 is 22.9 Å². The van der Waals surface area contributed by atoms with E-state index in [-0.39, 0.29) is 11.8 Å². The number of carbonyl (C=O) groups is 2. The number of aryl methyl sites for hydroxylation is 2. The van der Waals surface area contributed by atoms with E-state index in [1.54, 1.807) is 6.07 Å². The third-order valence-corrected chi connectivity index (χ3v) is 7.61. The number of rotatable bonds is 13. The molecule has 3 aromatic rings. The fourth-order valence-corrected chi connectivity index (χ4v) is 5.25. The summed E-state index contributed by atoms with van der Waals surface area (Å²) in [6.45, 7) is 10.5. The average Bonchev–Trinajstić information content (AvgIpc) is 3.43. The van der Waals surface area contributed by atoms with Crippen molar-refractivity contribution in [3.8, 4) is 0 Å². The Hall–Kier alpha value is -3.32. The zero-order valence-electron chi connectivity index (χ0n) is 23.6. The maximum absolute atomic E-state index is 12.8. The Bertz CT molecular complexity index is 1310. The molecule has 0 unspecified atom stereocenters. The van der Waals surface area contributed by atoms with Crippen LogP contribution in [0.3, 0.4) is 0 Å². The number of aromatic nitrogens is 3. The highest BCUT2D eigenvalue weighted by molar-refractivity contribution is 7.17. The Morgan fingerprint density at radius 1 is 1.05 bits per heavy atom. The Morgan fingerprint density at radius 2 is 1.80 bits per heavy atom. The lowest BCUT2D eigenvalue weighted by Crippen LogP contribution is -2.49. The van der Waals surface area contributed by atoms with Gasteiger partial charge in [0, 0.05) is 38.9 Å². The molecular weight excluding hydrogens is 566 g/mol. The molecule has 3 heterocycles. The molecule has 0 atom stereocenters. The van der Waals surface area contributed by atoms with E-state index in [1.807, 2.05) is 36.9 Å². The predicted octanol–water partition coefficient (Wildman–Crippen LogP) is 4.68. The van der Waals surface area contributed by atoms with Crippen molar-refractivity contribution in [2.75, 3.05) is 68.1 Å². The van der Waals surface area contributed by atoms with Crippen LogP contribution < -0.4 is 15.5 Å². The lowest BCUT2D eigenvalue weighted by molar-refractivity contribution is -0.132. The number of piperazine rings is 1. The Labute approximate surface area is 249 Å². The fraction of sp³-hybridized carbons (Fsp3) is 0.464. The topological polar surface area (TPSA) is 122 Å². The van der Waals surface area contributed by atoms with Crippen LogP contribution in [0.4, 0.5) is 22.5 Å². The lowest BCUT2D eigenvalue weighted by atomic mass is 10.2. The number of amides is 2. The predicted molar refractivity (Wildman–Crippen MR) is 162 cm³/mol. The van der Waals surface area contributed by atoms with E-state index in [0.29, 0.717) is 84.8 Å². The summed E-state index contributed by atoms with van der Waals surface area (Å²) < 4.78 is 10.9. The number of benzene rings is 1. The third-order valence-electron chi connectivity index (χ3n) is 6.39. The van der Waals surface area contributed by atoms with Gasteiger partial charge in [0.25, 0.3) is 5.91 Å². The SMILES string of the molecule is CCCOCCOCCC(=O)N1CCN(c2cc(Nc3ncc(C(=O)Nc4c(C)cccc4Cl)s3)nc(C)n2)CC1. The molecule has 0 bridgehead atoms. The van der Waals surface area contributed by atoms with E-state index in [4.69, 9.17) is 21.1 Å². The highest BCUT2D eigenvalue weighted by atomic mass is 35.5. The van der Waals surface area contributed by atoms with Crippen LogP contribution in [-0.4, -0.2) is 84.3 Å². The van der Waals surface area contributed by atoms with Gasteiger partial charge in [-0.05, 0) is 31.9 Å². The van der Waals surface area contributed by atoms with Crippen LogP contribution in [0.2, 0.25) is 5.02 Å². The number of nitrogens with zero attached hydrogens (tertiary/aromatic N) is 5. The van der Waals surface area contributed by atoms with E-state index < -0.39 is 0 Å². The van der Waals surface area contributed by atoms with Gasteiger partial charge in [0.2, 0.25) is 5.91 Å². The van der Waals surface area contributed by atoms with E-state index in [9.17, 15) is 9.59 Å². The van der Waals surface area contributed by atoms with Gasteiger partial charge in [0.15, 0.2) is 5.13 Å². The second-order valence-electron chi connectivity index (χ2n) is 9.54. The first-order valence-corrected chi connectivity index (χ1v) is 14.9. The van der Waals surface area contributed by atoms with Gasteiger partial charge in [-0.3, -0.25) is 9.59 Å². The van der Waals surface area contributed by atoms with E-state index >= 15 is 0 Å². The minimum atomic E-state index is -0.286. The number of ether oxygens (including phenoxy) is 2. The van der Waals surface area contributed by atoms with Crippen molar-refractivity contribution in [3.63, 3.8) is 0 Å². The van der Waals surface area contributed by atoms with Crippen LogP contribution in [0.5, 0.6) is 0 Å². The number of thiazole rings is 1. The van der Waals surface area contributed by atoms with Gasteiger partial charge in [0.1, 0.15) is 22.3 Å². The molecular formula is C28H36ClN7O4S. The summed E-state index contributed by atoms with van der Waals surface area (Å²) in [6, 6.07) is 7.31. The number of nitrogens with one attached hydrogen (secondary N) is 2. The van der Waals surface area contributed by atoms with Gasteiger partial charge >= 0.3 is 0 Å². The first kappa shape index (κ1) is 30.6. The summed E-state index contributed by atoms with van der Waals surface area (Å²) in [7, 11) is 0. The Morgan fingerprint density at radius 3 is 2.54 bits per heavy atom. The highest BCUT2D eigenvalue weighted by Gasteiger charge is 2.23. The monoisotopic (exact) mass is 601 g/mol. The summed E-state index contributed by atoms with van der Waals surface area (Å²) in [6.07, 6.45) is 2.86. The summed E-state index contributed by atoms with van der Waals surface area (Å²) >= 11 is 7.47. The molecule has 2 aromatic heterocycles.